The second-order valence-corrected chi connectivity index (χ2v) is 6.08. The van der Waals surface area contributed by atoms with Gasteiger partial charge < -0.3 is 15.7 Å². The zero-order chi connectivity index (χ0) is 19.1. The first-order valence-electron chi connectivity index (χ1n) is 8.00. The number of tetrazole rings is 1. The van der Waals surface area contributed by atoms with Gasteiger partial charge in [-0.25, -0.2) is 9.48 Å². The first-order valence-corrected chi connectivity index (χ1v) is 8.00. The number of hydrogen-bond acceptors (Lipinski definition) is 6. The number of hydrogen-bond donors (Lipinski definition) is 3. The standard InChI is InChI=1S/C16H20N6O4/c1-10(2)6-13(16(25)26)19-14(23)8-17-15(24)11-4-3-5-12(7-11)22-9-18-20-21-22/h3-5,7,9-10,13H,6,8H2,1-2H3,(H,17,24)(H,19,23)(H,25,26)/t13-/m0/s1. The molecule has 0 unspecified atom stereocenters. The highest BCUT2D eigenvalue weighted by molar-refractivity contribution is 5.97. The van der Waals surface area contributed by atoms with Gasteiger partial charge in [0.1, 0.15) is 12.4 Å². The van der Waals surface area contributed by atoms with E-state index in [0.29, 0.717) is 17.7 Å². The number of nitrogens with zero attached hydrogens (tertiary/aromatic N) is 4. The number of carboxylic acid groups (broad SMARTS) is 1. The molecule has 0 aliphatic rings. The number of rotatable bonds is 8. The van der Waals surface area contributed by atoms with Crippen molar-refractivity contribution in [1.82, 2.24) is 30.8 Å². The Labute approximate surface area is 149 Å². The van der Waals surface area contributed by atoms with E-state index in [0.717, 1.165) is 0 Å². The van der Waals surface area contributed by atoms with Crippen LogP contribution < -0.4 is 10.6 Å². The SMILES string of the molecule is CC(C)C[C@H](NC(=O)CNC(=O)c1cccc(-n2cnnn2)c1)C(=O)O. The van der Waals surface area contributed by atoms with Gasteiger partial charge in [-0.2, -0.15) is 0 Å². The molecule has 0 spiro atoms. The van der Waals surface area contributed by atoms with Crippen LogP contribution in [0, 0.1) is 5.92 Å². The monoisotopic (exact) mass is 360 g/mol. The summed E-state index contributed by atoms with van der Waals surface area (Å²) >= 11 is 0. The molecule has 0 radical (unpaired) electrons. The highest BCUT2D eigenvalue weighted by Gasteiger charge is 2.21. The molecular weight excluding hydrogens is 340 g/mol. The van der Waals surface area contributed by atoms with Crippen molar-refractivity contribution < 1.29 is 19.5 Å². The number of carboxylic acids is 1. The van der Waals surface area contributed by atoms with Crippen LogP contribution in [0.25, 0.3) is 5.69 Å². The van der Waals surface area contributed by atoms with Gasteiger partial charge in [-0.15, -0.1) is 5.10 Å². The number of nitrogens with one attached hydrogen (secondary N) is 2. The Bertz CT molecular complexity index is 775. The summed E-state index contributed by atoms with van der Waals surface area (Å²) in [7, 11) is 0. The minimum absolute atomic E-state index is 0.111. The molecule has 2 aromatic rings. The summed E-state index contributed by atoms with van der Waals surface area (Å²) in [6.07, 6.45) is 1.70. The molecule has 0 fully saturated rings. The van der Waals surface area contributed by atoms with Crippen LogP contribution >= 0.6 is 0 Å². The number of benzene rings is 1. The molecule has 0 bridgehead atoms. The summed E-state index contributed by atoms with van der Waals surface area (Å²) in [6, 6.07) is 5.56. The minimum Gasteiger partial charge on any atom is -0.480 e. The van der Waals surface area contributed by atoms with Crippen LogP contribution in [0.1, 0.15) is 30.6 Å². The summed E-state index contributed by atoms with van der Waals surface area (Å²) in [5, 5.41) is 24.8. The highest BCUT2D eigenvalue weighted by Crippen LogP contribution is 2.08. The zero-order valence-corrected chi connectivity index (χ0v) is 14.4. The Morgan fingerprint density at radius 3 is 2.65 bits per heavy atom. The van der Waals surface area contributed by atoms with Gasteiger partial charge in [0, 0.05) is 5.56 Å². The second-order valence-electron chi connectivity index (χ2n) is 6.08. The van der Waals surface area contributed by atoms with Gasteiger partial charge in [-0.1, -0.05) is 19.9 Å². The van der Waals surface area contributed by atoms with Crippen molar-refractivity contribution in [2.45, 2.75) is 26.3 Å². The molecule has 10 nitrogen and oxygen atoms in total. The summed E-state index contributed by atoms with van der Waals surface area (Å²) in [5.74, 6) is -2.03. The van der Waals surface area contributed by atoms with E-state index in [9.17, 15) is 14.4 Å². The first kappa shape index (κ1) is 19.0. The zero-order valence-electron chi connectivity index (χ0n) is 14.4. The molecular formula is C16H20N6O4. The van der Waals surface area contributed by atoms with Crippen molar-refractivity contribution >= 4 is 17.8 Å². The average molecular weight is 360 g/mol. The molecule has 0 saturated carbocycles. The largest absolute Gasteiger partial charge is 0.480 e. The number of aliphatic carboxylic acids is 1. The van der Waals surface area contributed by atoms with E-state index in [1.807, 2.05) is 13.8 Å². The molecule has 3 N–H and O–H groups in total. The summed E-state index contributed by atoms with van der Waals surface area (Å²) in [4.78, 5) is 35.3. The predicted molar refractivity (Wildman–Crippen MR) is 90.5 cm³/mol. The fraction of sp³-hybridized carbons (Fsp3) is 0.375. The number of carbonyl (C=O) groups excluding carboxylic acids is 2. The molecule has 1 atom stereocenters. The van der Waals surface area contributed by atoms with Crippen LogP contribution in [0.2, 0.25) is 0 Å². The maximum Gasteiger partial charge on any atom is 0.326 e. The van der Waals surface area contributed by atoms with Crippen LogP contribution in [0.15, 0.2) is 30.6 Å². The molecule has 2 rings (SSSR count). The Hall–Kier alpha value is -3.30. The van der Waals surface area contributed by atoms with Crippen LogP contribution in [0.4, 0.5) is 0 Å². The number of aromatic nitrogens is 4. The normalized spacial score (nSPS) is 11.8. The van der Waals surface area contributed by atoms with E-state index in [4.69, 9.17) is 5.11 Å². The van der Waals surface area contributed by atoms with Crippen molar-refractivity contribution in [3.63, 3.8) is 0 Å². The lowest BCUT2D eigenvalue weighted by atomic mass is 10.0. The van der Waals surface area contributed by atoms with Gasteiger partial charge in [0.25, 0.3) is 5.91 Å². The predicted octanol–water partition coefficient (Wildman–Crippen LogP) is 0.00760. The van der Waals surface area contributed by atoms with Gasteiger partial charge >= 0.3 is 5.97 Å². The lowest BCUT2D eigenvalue weighted by Gasteiger charge is -2.16. The second kappa shape index (κ2) is 8.70. The highest BCUT2D eigenvalue weighted by atomic mass is 16.4. The molecule has 1 aromatic heterocycles. The smallest absolute Gasteiger partial charge is 0.326 e. The van der Waals surface area contributed by atoms with Crippen LogP contribution in [-0.4, -0.2) is 55.7 Å². The maximum atomic E-state index is 12.2. The van der Waals surface area contributed by atoms with Crippen molar-refractivity contribution in [3.05, 3.63) is 36.2 Å². The Balaban J connectivity index is 1.93. The molecule has 1 heterocycles. The molecule has 26 heavy (non-hydrogen) atoms. The van der Waals surface area contributed by atoms with Gasteiger partial charge in [0.2, 0.25) is 5.91 Å². The van der Waals surface area contributed by atoms with E-state index < -0.39 is 23.8 Å². The van der Waals surface area contributed by atoms with E-state index in [1.54, 1.807) is 24.3 Å². The fourth-order valence-corrected chi connectivity index (χ4v) is 2.27. The molecule has 2 amide bonds. The Morgan fingerprint density at radius 1 is 1.27 bits per heavy atom. The Kier molecular flexibility index (Phi) is 6.36. The van der Waals surface area contributed by atoms with E-state index in [-0.39, 0.29) is 12.5 Å². The van der Waals surface area contributed by atoms with E-state index >= 15 is 0 Å². The summed E-state index contributed by atoms with van der Waals surface area (Å²) in [6.45, 7) is 3.40. The molecule has 0 aliphatic heterocycles. The molecule has 0 aliphatic carbocycles. The molecule has 1 aromatic carbocycles. The topological polar surface area (TPSA) is 139 Å². The third-order valence-corrected chi connectivity index (χ3v) is 3.47. The third-order valence-electron chi connectivity index (χ3n) is 3.47. The van der Waals surface area contributed by atoms with E-state index in [2.05, 4.69) is 26.2 Å². The van der Waals surface area contributed by atoms with Crippen LogP contribution in [0.5, 0.6) is 0 Å². The van der Waals surface area contributed by atoms with Crippen LogP contribution in [-0.2, 0) is 9.59 Å². The fourth-order valence-electron chi connectivity index (χ4n) is 2.27. The van der Waals surface area contributed by atoms with Crippen molar-refractivity contribution in [2.24, 2.45) is 5.92 Å². The van der Waals surface area contributed by atoms with Gasteiger partial charge in [0.15, 0.2) is 0 Å². The van der Waals surface area contributed by atoms with E-state index in [1.165, 1.54) is 11.0 Å². The first-order chi connectivity index (χ1) is 12.4. The van der Waals surface area contributed by atoms with Crippen LogP contribution in [0.3, 0.4) is 0 Å². The molecule has 0 saturated heterocycles. The van der Waals surface area contributed by atoms with Crippen molar-refractivity contribution in [1.29, 1.82) is 0 Å². The van der Waals surface area contributed by atoms with Gasteiger partial charge in [0.05, 0.1) is 12.2 Å². The lowest BCUT2D eigenvalue weighted by Crippen LogP contribution is -2.46. The van der Waals surface area contributed by atoms with Crippen molar-refractivity contribution in [3.8, 4) is 5.69 Å². The lowest BCUT2D eigenvalue weighted by molar-refractivity contribution is -0.142. The van der Waals surface area contributed by atoms with Gasteiger partial charge in [-0.05, 0) is 41.0 Å². The molecule has 10 heteroatoms. The quantitative estimate of drug-likeness (QED) is 0.602. The summed E-state index contributed by atoms with van der Waals surface area (Å²) in [5.41, 5.74) is 0.915. The maximum absolute atomic E-state index is 12.2. The number of amides is 2. The Morgan fingerprint density at radius 2 is 2.04 bits per heavy atom. The number of carbonyl (C=O) groups is 3. The average Bonchev–Trinajstić information content (AvgIpc) is 3.13. The van der Waals surface area contributed by atoms with Crippen molar-refractivity contribution in [2.75, 3.05) is 6.54 Å². The summed E-state index contributed by atoms with van der Waals surface area (Å²) < 4.78 is 1.40. The minimum atomic E-state index is -1.10. The molecule has 138 valence electrons. The third kappa shape index (κ3) is 5.36. The van der Waals surface area contributed by atoms with Gasteiger partial charge in [-0.3, -0.25) is 9.59 Å².